The highest BCUT2D eigenvalue weighted by molar-refractivity contribution is 5.79. The molecule has 1 amide bonds. The molecule has 3 N–H and O–H groups in total. The van der Waals surface area contributed by atoms with Crippen molar-refractivity contribution >= 4 is 5.91 Å². The Labute approximate surface area is 141 Å². The lowest BCUT2D eigenvalue weighted by Crippen LogP contribution is -2.39. The van der Waals surface area contributed by atoms with E-state index in [-0.39, 0.29) is 24.4 Å². The van der Waals surface area contributed by atoms with E-state index in [0.717, 1.165) is 19.4 Å². The summed E-state index contributed by atoms with van der Waals surface area (Å²) in [6.45, 7) is 2.70. The number of rotatable bonds is 9. The van der Waals surface area contributed by atoms with Crippen LogP contribution in [-0.2, 0) is 17.8 Å². The second-order valence-electron chi connectivity index (χ2n) is 5.71. The summed E-state index contributed by atoms with van der Waals surface area (Å²) in [5.74, 6) is 0.112. The predicted octanol–water partition coefficient (Wildman–Crippen LogP) is 2.80. The average Bonchev–Trinajstić information content (AvgIpc) is 2.58. The van der Waals surface area contributed by atoms with Crippen molar-refractivity contribution < 1.29 is 13.9 Å². The fourth-order valence-corrected chi connectivity index (χ4v) is 2.24. The van der Waals surface area contributed by atoms with Gasteiger partial charge in [0.15, 0.2) is 0 Å². The van der Waals surface area contributed by atoms with Crippen LogP contribution in [0.3, 0.4) is 0 Å². The molecule has 2 aromatic carbocycles. The van der Waals surface area contributed by atoms with Crippen LogP contribution in [0.5, 0.6) is 5.75 Å². The van der Waals surface area contributed by atoms with Gasteiger partial charge < -0.3 is 15.8 Å². The number of carbonyl (C=O) groups excluding carboxylic acids is 1. The first-order valence-electron chi connectivity index (χ1n) is 8.04. The van der Waals surface area contributed by atoms with Crippen molar-refractivity contribution in [2.24, 2.45) is 5.73 Å². The van der Waals surface area contributed by atoms with Crippen LogP contribution >= 0.6 is 0 Å². The average molecular weight is 330 g/mol. The van der Waals surface area contributed by atoms with Gasteiger partial charge in [-0.1, -0.05) is 30.3 Å². The maximum atomic E-state index is 13.5. The van der Waals surface area contributed by atoms with Gasteiger partial charge in [0, 0.05) is 5.56 Å². The first kappa shape index (κ1) is 17.9. The highest BCUT2D eigenvalue weighted by Gasteiger charge is 2.06. The largest absolute Gasteiger partial charge is 0.489 e. The summed E-state index contributed by atoms with van der Waals surface area (Å²) in [4.78, 5) is 10.9. The van der Waals surface area contributed by atoms with E-state index < -0.39 is 0 Å². The van der Waals surface area contributed by atoms with Crippen molar-refractivity contribution in [3.05, 3.63) is 65.5 Å². The molecule has 128 valence electrons. The van der Waals surface area contributed by atoms with Gasteiger partial charge in [-0.25, -0.2) is 4.39 Å². The summed E-state index contributed by atoms with van der Waals surface area (Å²) in [6, 6.07) is 14.0. The monoisotopic (exact) mass is 330 g/mol. The summed E-state index contributed by atoms with van der Waals surface area (Å²) < 4.78 is 19.1. The van der Waals surface area contributed by atoms with Gasteiger partial charge in [0.2, 0.25) is 5.91 Å². The number of hydrogen-bond acceptors (Lipinski definition) is 3. The van der Waals surface area contributed by atoms with Gasteiger partial charge in [0.05, 0.1) is 6.04 Å². The van der Waals surface area contributed by atoms with Gasteiger partial charge in [-0.15, -0.1) is 0 Å². The molecule has 0 saturated heterocycles. The van der Waals surface area contributed by atoms with Crippen LogP contribution in [0.4, 0.5) is 4.39 Å². The maximum Gasteiger partial charge on any atom is 0.234 e. The molecule has 1 atom stereocenters. The highest BCUT2D eigenvalue weighted by Crippen LogP contribution is 2.16. The lowest BCUT2D eigenvalue weighted by molar-refractivity contribution is -0.119. The smallest absolute Gasteiger partial charge is 0.234 e. The minimum Gasteiger partial charge on any atom is -0.489 e. The van der Waals surface area contributed by atoms with Gasteiger partial charge in [-0.05, 0) is 50.1 Å². The van der Waals surface area contributed by atoms with E-state index in [9.17, 15) is 9.18 Å². The normalized spacial score (nSPS) is 11.9. The number of ether oxygens (including phenoxy) is 1. The minimum absolute atomic E-state index is 0.209. The fraction of sp³-hybridized carbons (Fsp3) is 0.316. The molecule has 0 unspecified atom stereocenters. The molecule has 0 aromatic heterocycles. The lowest BCUT2D eigenvalue weighted by atomic mass is 10.1. The number of amides is 1. The maximum absolute atomic E-state index is 13.5. The second kappa shape index (κ2) is 9.03. The Bertz CT molecular complexity index is 659. The summed E-state index contributed by atoms with van der Waals surface area (Å²) in [5.41, 5.74) is 6.91. The Morgan fingerprint density at radius 2 is 1.92 bits per heavy atom. The number of primary amides is 1. The molecular weight excluding hydrogens is 307 g/mol. The molecule has 0 saturated carbocycles. The molecular formula is C19H23FN2O2. The van der Waals surface area contributed by atoms with Crippen LogP contribution in [0, 0.1) is 5.82 Å². The molecule has 24 heavy (non-hydrogen) atoms. The van der Waals surface area contributed by atoms with Crippen LogP contribution < -0.4 is 15.8 Å². The minimum atomic E-state index is -0.341. The van der Waals surface area contributed by atoms with E-state index in [1.54, 1.807) is 25.1 Å². The van der Waals surface area contributed by atoms with E-state index in [1.807, 2.05) is 24.3 Å². The number of hydrogen-bond donors (Lipinski definition) is 2. The molecule has 2 rings (SSSR count). The molecule has 0 aliphatic heterocycles. The van der Waals surface area contributed by atoms with Crippen LogP contribution in [0.25, 0.3) is 0 Å². The summed E-state index contributed by atoms with van der Waals surface area (Å²) in [6.07, 6.45) is 1.80. The third-order valence-electron chi connectivity index (χ3n) is 3.80. The fourth-order valence-electron chi connectivity index (χ4n) is 2.24. The summed E-state index contributed by atoms with van der Waals surface area (Å²) >= 11 is 0. The molecule has 5 heteroatoms. The predicted molar refractivity (Wildman–Crippen MR) is 92.2 cm³/mol. The third-order valence-corrected chi connectivity index (χ3v) is 3.80. The van der Waals surface area contributed by atoms with Gasteiger partial charge >= 0.3 is 0 Å². The van der Waals surface area contributed by atoms with Crippen molar-refractivity contribution in [2.75, 3.05) is 6.54 Å². The number of benzene rings is 2. The number of halogens is 1. The first-order chi connectivity index (χ1) is 11.6. The number of nitrogens with two attached hydrogens (primary N) is 1. The zero-order chi connectivity index (χ0) is 17.4. The molecule has 4 nitrogen and oxygen atoms in total. The van der Waals surface area contributed by atoms with Crippen molar-refractivity contribution in [1.82, 2.24) is 5.32 Å². The number of carbonyl (C=O) groups is 1. The zero-order valence-corrected chi connectivity index (χ0v) is 13.8. The SMILES string of the molecule is C[C@H](NCCCc1ccc(OCc2ccccc2F)cc1)C(N)=O. The van der Waals surface area contributed by atoms with Crippen LogP contribution in [0.1, 0.15) is 24.5 Å². The standard InChI is InChI=1S/C19H23FN2O2/c1-14(19(21)23)22-12-4-5-15-8-10-17(11-9-15)24-13-16-6-2-3-7-18(16)20/h2-3,6-11,14,22H,4-5,12-13H2,1H3,(H2,21,23)/t14-/m0/s1. The van der Waals surface area contributed by atoms with E-state index in [4.69, 9.17) is 10.5 Å². The second-order valence-corrected chi connectivity index (χ2v) is 5.71. The molecule has 0 bridgehead atoms. The number of aryl methyl sites for hydroxylation is 1. The third kappa shape index (κ3) is 5.66. The quantitative estimate of drug-likeness (QED) is 0.695. The molecule has 0 spiro atoms. The van der Waals surface area contributed by atoms with Crippen LogP contribution in [0.15, 0.2) is 48.5 Å². The van der Waals surface area contributed by atoms with Crippen LogP contribution in [-0.4, -0.2) is 18.5 Å². The van der Waals surface area contributed by atoms with Gasteiger partial charge in [0.1, 0.15) is 18.2 Å². The molecule has 0 aliphatic carbocycles. The number of nitrogens with one attached hydrogen (secondary N) is 1. The van der Waals surface area contributed by atoms with Crippen LogP contribution in [0.2, 0.25) is 0 Å². The molecule has 0 heterocycles. The van der Waals surface area contributed by atoms with Crippen molar-refractivity contribution in [1.29, 1.82) is 0 Å². The van der Waals surface area contributed by atoms with Crippen molar-refractivity contribution in [2.45, 2.75) is 32.4 Å². The van der Waals surface area contributed by atoms with E-state index in [0.29, 0.717) is 11.3 Å². The van der Waals surface area contributed by atoms with E-state index >= 15 is 0 Å². The molecule has 2 aromatic rings. The van der Waals surface area contributed by atoms with Crippen molar-refractivity contribution in [3.8, 4) is 5.75 Å². The Hall–Kier alpha value is -2.40. The topological polar surface area (TPSA) is 64.3 Å². The summed E-state index contributed by atoms with van der Waals surface area (Å²) in [7, 11) is 0. The summed E-state index contributed by atoms with van der Waals surface area (Å²) in [5, 5.41) is 3.07. The molecule has 0 fully saturated rings. The first-order valence-corrected chi connectivity index (χ1v) is 8.04. The van der Waals surface area contributed by atoms with E-state index in [2.05, 4.69) is 5.32 Å². The Balaban J connectivity index is 1.74. The van der Waals surface area contributed by atoms with Crippen molar-refractivity contribution in [3.63, 3.8) is 0 Å². The van der Waals surface area contributed by atoms with E-state index in [1.165, 1.54) is 11.6 Å². The Morgan fingerprint density at radius 1 is 1.21 bits per heavy atom. The Kier molecular flexibility index (Phi) is 6.75. The Morgan fingerprint density at radius 3 is 2.58 bits per heavy atom. The van der Waals surface area contributed by atoms with Gasteiger partial charge in [-0.2, -0.15) is 0 Å². The molecule has 0 radical (unpaired) electrons. The lowest BCUT2D eigenvalue weighted by Gasteiger charge is -2.10. The highest BCUT2D eigenvalue weighted by atomic mass is 19.1. The van der Waals surface area contributed by atoms with Gasteiger partial charge in [-0.3, -0.25) is 4.79 Å². The zero-order valence-electron chi connectivity index (χ0n) is 13.8. The molecule has 0 aliphatic rings. The van der Waals surface area contributed by atoms with Gasteiger partial charge in [0.25, 0.3) is 0 Å².